The van der Waals surface area contributed by atoms with Crippen LogP contribution >= 0.6 is 11.3 Å². The molecule has 4 rings (SSSR count). The fraction of sp³-hybridized carbons (Fsp3) is 0.0909. The number of hydrogen-bond donors (Lipinski definition) is 1. The van der Waals surface area contributed by atoms with Gasteiger partial charge in [-0.25, -0.2) is 0 Å². The van der Waals surface area contributed by atoms with Crippen LogP contribution in [0.1, 0.15) is 0 Å². The summed E-state index contributed by atoms with van der Waals surface area (Å²) in [7, 11) is 3.20. The SMILES string of the molecule is COc1ccc(-c2c(O)ccc(OC)c2Oc2cc3ccccc3s2)cc1. The van der Waals surface area contributed by atoms with Crippen molar-refractivity contribution in [3.05, 3.63) is 66.7 Å². The van der Waals surface area contributed by atoms with Gasteiger partial charge in [0.1, 0.15) is 11.5 Å². The standard InChI is InChI=1S/C22H18O4S/c1-24-16-9-7-14(8-10-16)21-17(23)11-12-18(25-2)22(21)26-20-13-15-5-3-4-6-19(15)27-20/h3-13,23H,1-2H3. The minimum atomic E-state index is 0.122. The number of hydrogen-bond acceptors (Lipinski definition) is 5. The molecule has 27 heavy (non-hydrogen) atoms. The molecule has 4 aromatic rings. The highest BCUT2D eigenvalue weighted by molar-refractivity contribution is 7.20. The van der Waals surface area contributed by atoms with Crippen LogP contribution in [-0.2, 0) is 0 Å². The highest BCUT2D eigenvalue weighted by atomic mass is 32.1. The summed E-state index contributed by atoms with van der Waals surface area (Å²) < 4.78 is 18.1. The first-order chi connectivity index (χ1) is 13.2. The molecule has 0 fully saturated rings. The first kappa shape index (κ1) is 17.2. The average Bonchev–Trinajstić information content (AvgIpc) is 3.11. The second-order valence-electron chi connectivity index (χ2n) is 5.92. The number of fused-ring (bicyclic) bond motifs is 1. The molecule has 136 valence electrons. The third kappa shape index (κ3) is 3.29. The van der Waals surface area contributed by atoms with Crippen molar-refractivity contribution in [2.75, 3.05) is 14.2 Å². The van der Waals surface area contributed by atoms with Gasteiger partial charge in [-0.05, 0) is 41.3 Å². The minimum Gasteiger partial charge on any atom is -0.507 e. The molecule has 0 saturated carbocycles. The number of phenols is 1. The summed E-state index contributed by atoms with van der Waals surface area (Å²) >= 11 is 1.55. The largest absolute Gasteiger partial charge is 0.507 e. The Balaban J connectivity index is 1.83. The maximum atomic E-state index is 10.5. The average molecular weight is 378 g/mol. The van der Waals surface area contributed by atoms with Crippen LogP contribution < -0.4 is 14.2 Å². The van der Waals surface area contributed by atoms with Crippen molar-refractivity contribution < 1.29 is 19.3 Å². The maximum absolute atomic E-state index is 10.5. The lowest BCUT2D eigenvalue weighted by atomic mass is 10.0. The number of benzene rings is 3. The molecule has 1 aromatic heterocycles. The Morgan fingerprint density at radius 3 is 2.33 bits per heavy atom. The van der Waals surface area contributed by atoms with Crippen LogP contribution in [0.15, 0.2) is 66.7 Å². The Hall–Kier alpha value is -3.18. The van der Waals surface area contributed by atoms with Gasteiger partial charge < -0.3 is 19.3 Å². The summed E-state index contributed by atoms with van der Waals surface area (Å²) in [5, 5.41) is 12.4. The lowest BCUT2D eigenvalue weighted by Gasteiger charge is -2.15. The van der Waals surface area contributed by atoms with E-state index in [-0.39, 0.29) is 5.75 Å². The molecule has 0 radical (unpaired) electrons. The highest BCUT2D eigenvalue weighted by Gasteiger charge is 2.19. The van der Waals surface area contributed by atoms with Gasteiger partial charge in [0.05, 0.1) is 19.8 Å². The molecule has 0 saturated heterocycles. The molecule has 0 aliphatic carbocycles. The molecule has 0 aliphatic rings. The number of ether oxygens (including phenoxy) is 3. The van der Waals surface area contributed by atoms with Crippen LogP contribution in [0.4, 0.5) is 0 Å². The van der Waals surface area contributed by atoms with E-state index in [0.29, 0.717) is 17.1 Å². The molecule has 0 amide bonds. The van der Waals surface area contributed by atoms with Gasteiger partial charge in [-0.1, -0.05) is 41.7 Å². The second-order valence-corrected chi connectivity index (χ2v) is 6.97. The zero-order chi connectivity index (χ0) is 18.8. The van der Waals surface area contributed by atoms with Crippen molar-refractivity contribution in [3.8, 4) is 39.2 Å². The van der Waals surface area contributed by atoms with Gasteiger partial charge in [0.2, 0.25) is 0 Å². The quantitative estimate of drug-likeness (QED) is 0.457. The molecule has 1 heterocycles. The molecular formula is C22H18O4S. The molecule has 1 N–H and O–H groups in total. The summed E-state index contributed by atoms with van der Waals surface area (Å²) in [6.07, 6.45) is 0. The van der Waals surface area contributed by atoms with E-state index in [0.717, 1.165) is 26.5 Å². The van der Waals surface area contributed by atoms with Crippen molar-refractivity contribution in [1.82, 2.24) is 0 Å². The number of methoxy groups -OCH3 is 2. The van der Waals surface area contributed by atoms with E-state index in [1.807, 2.05) is 48.5 Å². The summed E-state index contributed by atoms with van der Waals surface area (Å²) in [6.45, 7) is 0. The van der Waals surface area contributed by atoms with Crippen LogP contribution in [-0.4, -0.2) is 19.3 Å². The lowest BCUT2D eigenvalue weighted by molar-refractivity contribution is 0.379. The molecule has 0 atom stereocenters. The Morgan fingerprint density at radius 1 is 0.852 bits per heavy atom. The number of thiophene rings is 1. The third-order valence-corrected chi connectivity index (χ3v) is 5.30. The van der Waals surface area contributed by atoms with Gasteiger partial charge in [0, 0.05) is 10.8 Å². The zero-order valence-electron chi connectivity index (χ0n) is 14.9. The van der Waals surface area contributed by atoms with Gasteiger partial charge in [-0.2, -0.15) is 0 Å². The van der Waals surface area contributed by atoms with Crippen LogP contribution in [0.5, 0.6) is 28.1 Å². The van der Waals surface area contributed by atoms with Gasteiger partial charge in [0.25, 0.3) is 0 Å². The summed E-state index contributed by atoms with van der Waals surface area (Å²) in [5.41, 5.74) is 1.39. The normalized spacial score (nSPS) is 10.7. The summed E-state index contributed by atoms with van der Waals surface area (Å²) in [4.78, 5) is 0. The number of phenolic OH excluding ortho intramolecular Hbond substituents is 1. The molecule has 0 aliphatic heterocycles. The minimum absolute atomic E-state index is 0.122. The van der Waals surface area contributed by atoms with E-state index in [1.54, 1.807) is 37.7 Å². The predicted molar refractivity (Wildman–Crippen MR) is 109 cm³/mol. The van der Waals surface area contributed by atoms with Gasteiger partial charge >= 0.3 is 0 Å². The molecule has 5 heteroatoms. The highest BCUT2D eigenvalue weighted by Crippen LogP contribution is 2.47. The fourth-order valence-corrected chi connectivity index (χ4v) is 3.88. The Morgan fingerprint density at radius 2 is 1.63 bits per heavy atom. The topological polar surface area (TPSA) is 47.9 Å². The van der Waals surface area contributed by atoms with Crippen LogP contribution in [0, 0.1) is 0 Å². The van der Waals surface area contributed by atoms with Crippen molar-refractivity contribution in [2.24, 2.45) is 0 Å². The maximum Gasteiger partial charge on any atom is 0.182 e. The summed E-state index contributed by atoms with van der Waals surface area (Å²) in [5.74, 6) is 1.90. The lowest BCUT2D eigenvalue weighted by Crippen LogP contribution is -1.93. The Bertz CT molecular complexity index is 1050. The van der Waals surface area contributed by atoms with Crippen molar-refractivity contribution in [2.45, 2.75) is 0 Å². The summed E-state index contributed by atoms with van der Waals surface area (Å²) in [6, 6.07) is 20.8. The van der Waals surface area contributed by atoms with Crippen LogP contribution in [0.3, 0.4) is 0 Å². The smallest absolute Gasteiger partial charge is 0.182 e. The van der Waals surface area contributed by atoms with Gasteiger partial charge in [0.15, 0.2) is 16.6 Å². The van der Waals surface area contributed by atoms with Crippen molar-refractivity contribution in [1.29, 1.82) is 0 Å². The van der Waals surface area contributed by atoms with Crippen LogP contribution in [0.2, 0.25) is 0 Å². The monoisotopic (exact) mass is 378 g/mol. The van der Waals surface area contributed by atoms with E-state index in [4.69, 9.17) is 14.2 Å². The second kappa shape index (κ2) is 7.21. The van der Waals surface area contributed by atoms with Crippen molar-refractivity contribution >= 4 is 21.4 Å². The molecular weight excluding hydrogens is 360 g/mol. The fourth-order valence-electron chi connectivity index (χ4n) is 2.96. The van der Waals surface area contributed by atoms with Gasteiger partial charge in [-0.3, -0.25) is 0 Å². The Labute approximate surface area is 161 Å². The number of aromatic hydroxyl groups is 1. The zero-order valence-corrected chi connectivity index (χ0v) is 15.7. The van der Waals surface area contributed by atoms with E-state index in [2.05, 4.69) is 6.07 Å². The first-order valence-corrected chi connectivity index (χ1v) is 9.22. The van der Waals surface area contributed by atoms with E-state index in [9.17, 15) is 5.11 Å². The van der Waals surface area contributed by atoms with E-state index >= 15 is 0 Å². The van der Waals surface area contributed by atoms with Crippen molar-refractivity contribution in [3.63, 3.8) is 0 Å². The molecule has 3 aromatic carbocycles. The number of rotatable bonds is 5. The molecule has 0 spiro atoms. The van der Waals surface area contributed by atoms with Crippen LogP contribution in [0.25, 0.3) is 21.2 Å². The van der Waals surface area contributed by atoms with E-state index in [1.165, 1.54) is 0 Å². The van der Waals surface area contributed by atoms with E-state index < -0.39 is 0 Å². The molecule has 0 bridgehead atoms. The van der Waals surface area contributed by atoms with Gasteiger partial charge in [-0.15, -0.1) is 0 Å². The predicted octanol–water partition coefficient (Wildman–Crippen LogP) is 6.08. The molecule has 4 nitrogen and oxygen atoms in total. The molecule has 0 unspecified atom stereocenters. The Kier molecular flexibility index (Phi) is 4.60. The third-order valence-electron chi connectivity index (χ3n) is 4.30. The first-order valence-electron chi connectivity index (χ1n) is 8.40.